The van der Waals surface area contributed by atoms with Gasteiger partial charge in [-0.15, -0.1) is 0 Å². The summed E-state index contributed by atoms with van der Waals surface area (Å²) in [6.07, 6.45) is 5.26. The number of rotatable bonds is 5. The van der Waals surface area contributed by atoms with Crippen LogP contribution in [0.4, 0.5) is 0 Å². The highest BCUT2D eigenvalue weighted by Gasteiger charge is 2.10. The average molecular weight is 171 g/mol. The van der Waals surface area contributed by atoms with Crippen molar-refractivity contribution in [3.63, 3.8) is 0 Å². The highest BCUT2D eigenvalue weighted by atomic mass is 14.9. The van der Waals surface area contributed by atoms with Crippen molar-refractivity contribution in [2.45, 2.75) is 59.4 Å². The quantitative estimate of drug-likeness (QED) is 0.670. The van der Waals surface area contributed by atoms with Crippen molar-refractivity contribution >= 4 is 0 Å². The molecule has 1 nitrogen and oxygen atoms in total. The summed E-state index contributed by atoms with van der Waals surface area (Å²) in [5.74, 6) is 0. The van der Waals surface area contributed by atoms with E-state index in [1.165, 1.54) is 25.7 Å². The maximum absolute atomic E-state index is 3.34. The fourth-order valence-electron chi connectivity index (χ4n) is 1.43. The normalized spacial score (nSPS) is 14.8. The minimum absolute atomic E-state index is 0.506. The van der Waals surface area contributed by atoms with Crippen LogP contribution in [-0.2, 0) is 0 Å². The van der Waals surface area contributed by atoms with Gasteiger partial charge in [-0.05, 0) is 31.7 Å². The first-order chi connectivity index (χ1) is 5.49. The minimum atomic E-state index is 0.506. The van der Waals surface area contributed by atoms with Crippen molar-refractivity contribution in [2.75, 3.05) is 7.05 Å². The van der Waals surface area contributed by atoms with E-state index in [2.05, 4.69) is 40.1 Å². The zero-order chi connectivity index (χ0) is 9.61. The molecule has 1 N–H and O–H groups in total. The molecule has 0 bridgehead atoms. The van der Waals surface area contributed by atoms with Crippen LogP contribution in [0.2, 0.25) is 0 Å². The van der Waals surface area contributed by atoms with Crippen LogP contribution >= 0.6 is 0 Å². The van der Waals surface area contributed by atoms with Gasteiger partial charge in [-0.2, -0.15) is 0 Å². The van der Waals surface area contributed by atoms with Crippen molar-refractivity contribution in [1.82, 2.24) is 5.32 Å². The predicted octanol–water partition coefficient (Wildman–Crippen LogP) is 3.20. The van der Waals surface area contributed by atoms with Gasteiger partial charge in [0.05, 0.1) is 0 Å². The topological polar surface area (TPSA) is 12.0 Å². The molecule has 0 aromatic rings. The molecule has 0 fully saturated rings. The third-order valence-corrected chi connectivity index (χ3v) is 2.38. The summed E-state index contributed by atoms with van der Waals surface area (Å²) in [6, 6.07) is 0.729. The Labute approximate surface area is 77.9 Å². The fraction of sp³-hybridized carbons (Fsp3) is 1.00. The molecule has 74 valence electrons. The van der Waals surface area contributed by atoms with Gasteiger partial charge in [0, 0.05) is 6.04 Å². The molecule has 0 amide bonds. The van der Waals surface area contributed by atoms with Crippen LogP contribution in [0, 0.1) is 5.41 Å². The van der Waals surface area contributed by atoms with E-state index in [1.807, 2.05) is 0 Å². The van der Waals surface area contributed by atoms with E-state index in [1.54, 1.807) is 0 Å². The van der Waals surface area contributed by atoms with Gasteiger partial charge in [0.2, 0.25) is 0 Å². The zero-order valence-corrected chi connectivity index (χ0v) is 9.41. The summed E-state index contributed by atoms with van der Waals surface area (Å²) in [5, 5.41) is 3.34. The van der Waals surface area contributed by atoms with E-state index in [9.17, 15) is 0 Å². The molecule has 0 heterocycles. The Balaban J connectivity index is 3.41. The molecule has 0 aromatic heterocycles. The van der Waals surface area contributed by atoms with Gasteiger partial charge in [-0.25, -0.2) is 0 Å². The summed E-state index contributed by atoms with van der Waals surface area (Å²) in [6.45, 7) is 9.19. The summed E-state index contributed by atoms with van der Waals surface area (Å²) in [7, 11) is 2.06. The first-order valence-electron chi connectivity index (χ1n) is 5.17. The number of hydrogen-bond acceptors (Lipinski definition) is 1. The molecule has 0 aromatic carbocycles. The molecule has 0 rings (SSSR count). The van der Waals surface area contributed by atoms with E-state index in [-0.39, 0.29) is 0 Å². The summed E-state index contributed by atoms with van der Waals surface area (Å²) in [5.41, 5.74) is 0.506. The van der Waals surface area contributed by atoms with Crippen molar-refractivity contribution in [3.05, 3.63) is 0 Å². The largest absolute Gasteiger partial charge is 0.317 e. The van der Waals surface area contributed by atoms with E-state index >= 15 is 0 Å². The molecule has 1 atom stereocenters. The van der Waals surface area contributed by atoms with Crippen LogP contribution in [0.5, 0.6) is 0 Å². The average Bonchev–Trinajstić information content (AvgIpc) is 1.96. The molecule has 0 spiro atoms. The number of hydrogen-bond donors (Lipinski definition) is 1. The van der Waals surface area contributed by atoms with E-state index in [0.29, 0.717) is 5.41 Å². The fourth-order valence-corrected chi connectivity index (χ4v) is 1.43. The molecule has 0 saturated carbocycles. The van der Waals surface area contributed by atoms with Crippen LogP contribution in [0.3, 0.4) is 0 Å². The van der Waals surface area contributed by atoms with Crippen molar-refractivity contribution < 1.29 is 0 Å². The van der Waals surface area contributed by atoms with Crippen molar-refractivity contribution in [2.24, 2.45) is 5.41 Å². The first-order valence-corrected chi connectivity index (χ1v) is 5.17. The van der Waals surface area contributed by atoms with E-state index in [0.717, 1.165) is 6.04 Å². The molecule has 0 aliphatic carbocycles. The van der Waals surface area contributed by atoms with Gasteiger partial charge in [0.25, 0.3) is 0 Å². The summed E-state index contributed by atoms with van der Waals surface area (Å²) < 4.78 is 0. The van der Waals surface area contributed by atoms with Crippen LogP contribution in [-0.4, -0.2) is 13.1 Å². The Morgan fingerprint density at radius 1 is 1.25 bits per heavy atom. The molecule has 1 heteroatoms. The first kappa shape index (κ1) is 12.0. The van der Waals surface area contributed by atoms with Crippen molar-refractivity contribution in [3.8, 4) is 0 Å². The zero-order valence-electron chi connectivity index (χ0n) is 9.41. The molecule has 0 radical (unpaired) electrons. The second-order valence-electron chi connectivity index (χ2n) is 4.85. The molecular formula is C11H25N. The molecule has 0 saturated heterocycles. The lowest BCUT2D eigenvalue weighted by Crippen LogP contribution is -2.24. The van der Waals surface area contributed by atoms with Gasteiger partial charge in [-0.1, -0.05) is 34.1 Å². The monoisotopic (exact) mass is 171 g/mol. The standard InChI is InChI=1S/C11H25N/c1-6-10(12-5)8-7-9-11(2,3)4/h10,12H,6-9H2,1-5H3. The SMILES string of the molecule is CCC(CCCC(C)(C)C)NC. The summed E-state index contributed by atoms with van der Waals surface area (Å²) >= 11 is 0. The second-order valence-corrected chi connectivity index (χ2v) is 4.85. The van der Waals surface area contributed by atoms with Gasteiger partial charge in [0.15, 0.2) is 0 Å². The molecule has 0 aliphatic rings. The number of nitrogens with one attached hydrogen (secondary N) is 1. The summed E-state index contributed by atoms with van der Waals surface area (Å²) in [4.78, 5) is 0. The maximum atomic E-state index is 3.34. The molecular weight excluding hydrogens is 146 g/mol. The predicted molar refractivity (Wildman–Crippen MR) is 56.4 cm³/mol. The van der Waals surface area contributed by atoms with Gasteiger partial charge in [0.1, 0.15) is 0 Å². The smallest absolute Gasteiger partial charge is 0.00614 e. The lowest BCUT2D eigenvalue weighted by atomic mass is 9.89. The lowest BCUT2D eigenvalue weighted by molar-refractivity contribution is 0.344. The van der Waals surface area contributed by atoms with Crippen LogP contribution in [0.15, 0.2) is 0 Å². The van der Waals surface area contributed by atoms with Gasteiger partial charge < -0.3 is 5.32 Å². The van der Waals surface area contributed by atoms with Gasteiger partial charge >= 0.3 is 0 Å². The van der Waals surface area contributed by atoms with Crippen LogP contribution < -0.4 is 5.32 Å². The Morgan fingerprint density at radius 3 is 2.17 bits per heavy atom. The third-order valence-electron chi connectivity index (χ3n) is 2.38. The van der Waals surface area contributed by atoms with E-state index in [4.69, 9.17) is 0 Å². The van der Waals surface area contributed by atoms with E-state index < -0.39 is 0 Å². The Kier molecular flexibility index (Phi) is 5.56. The molecule has 0 aliphatic heterocycles. The Morgan fingerprint density at radius 2 is 1.83 bits per heavy atom. The van der Waals surface area contributed by atoms with Crippen molar-refractivity contribution in [1.29, 1.82) is 0 Å². The Hall–Kier alpha value is -0.0400. The minimum Gasteiger partial charge on any atom is -0.317 e. The second kappa shape index (κ2) is 5.58. The highest BCUT2D eigenvalue weighted by Crippen LogP contribution is 2.22. The Bertz CT molecular complexity index is 98.1. The highest BCUT2D eigenvalue weighted by molar-refractivity contribution is 4.66. The van der Waals surface area contributed by atoms with Gasteiger partial charge in [-0.3, -0.25) is 0 Å². The maximum Gasteiger partial charge on any atom is 0.00614 e. The third kappa shape index (κ3) is 6.66. The van der Waals surface area contributed by atoms with Crippen LogP contribution in [0.1, 0.15) is 53.4 Å². The van der Waals surface area contributed by atoms with Crippen LogP contribution in [0.25, 0.3) is 0 Å². The molecule has 12 heavy (non-hydrogen) atoms. The lowest BCUT2D eigenvalue weighted by Gasteiger charge is -2.20. The molecule has 1 unspecified atom stereocenters.